The lowest BCUT2D eigenvalue weighted by Gasteiger charge is -2.11. The highest BCUT2D eigenvalue weighted by molar-refractivity contribution is 6.08. The molecule has 4 rings (SSSR count). The van der Waals surface area contributed by atoms with Gasteiger partial charge in [-0.3, -0.25) is 9.59 Å². The number of hydrogen-bond acceptors (Lipinski definition) is 3. The van der Waals surface area contributed by atoms with Gasteiger partial charge >= 0.3 is 0 Å². The maximum atomic E-state index is 12.8. The van der Waals surface area contributed by atoms with Gasteiger partial charge in [-0.05, 0) is 36.2 Å². The van der Waals surface area contributed by atoms with Gasteiger partial charge in [-0.1, -0.05) is 42.5 Å². The Morgan fingerprint density at radius 3 is 2.68 bits per heavy atom. The molecule has 5 nitrogen and oxygen atoms in total. The monoisotopic (exact) mass is 374 g/mol. The van der Waals surface area contributed by atoms with Crippen LogP contribution < -0.4 is 10.1 Å². The lowest BCUT2D eigenvalue weighted by atomic mass is 10.0. The Kier molecular flexibility index (Phi) is 4.98. The van der Waals surface area contributed by atoms with E-state index in [-0.39, 0.29) is 17.6 Å². The summed E-state index contributed by atoms with van der Waals surface area (Å²) in [7, 11) is 1.62. The van der Waals surface area contributed by atoms with E-state index in [1.807, 2.05) is 71.3 Å². The Labute approximate surface area is 163 Å². The predicted molar refractivity (Wildman–Crippen MR) is 107 cm³/mol. The Balaban J connectivity index is 1.47. The number of hydrogen-bond donors (Lipinski definition) is 1. The molecule has 2 aromatic carbocycles. The molecular weight excluding hydrogens is 352 g/mol. The molecule has 5 heteroatoms. The molecule has 1 amide bonds. The van der Waals surface area contributed by atoms with E-state index in [0.717, 1.165) is 17.0 Å². The minimum atomic E-state index is -0.233. The largest absolute Gasteiger partial charge is 0.497 e. The SMILES string of the molecule is COc1cccc(CNC(=O)C2CCn3c(C(=O)c4ccccc4)ccc32)c1. The summed E-state index contributed by atoms with van der Waals surface area (Å²) in [6.07, 6.45) is 0.704. The van der Waals surface area contributed by atoms with Crippen LogP contribution in [0.5, 0.6) is 5.75 Å². The number of aromatic nitrogens is 1. The van der Waals surface area contributed by atoms with Crippen LogP contribution in [0.2, 0.25) is 0 Å². The van der Waals surface area contributed by atoms with Gasteiger partial charge in [0.05, 0.1) is 18.7 Å². The molecule has 0 bridgehead atoms. The molecule has 28 heavy (non-hydrogen) atoms. The van der Waals surface area contributed by atoms with E-state index in [0.29, 0.717) is 30.8 Å². The first-order chi connectivity index (χ1) is 13.7. The highest BCUT2D eigenvalue weighted by atomic mass is 16.5. The summed E-state index contributed by atoms with van der Waals surface area (Å²) in [6.45, 7) is 1.12. The van der Waals surface area contributed by atoms with Crippen molar-refractivity contribution in [1.29, 1.82) is 0 Å². The molecule has 3 aromatic rings. The van der Waals surface area contributed by atoms with E-state index >= 15 is 0 Å². The normalized spacial score (nSPS) is 15.1. The van der Waals surface area contributed by atoms with Crippen molar-refractivity contribution in [3.05, 3.63) is 89.2 Å². The van der Waals surface area contributed by atoms with Crippen molar-refractivity contribution < 1.29 is 14.3 Å². The summed E-state index contributed by atoms with van der Waals surface area (Å²) in [6, 6.07) is 20.6. The number of amides is 1. The molecule has 1 aliphatic heterocycles. The first-order valence-corrected chi connectivity index (χ1v) is 9.37. The van der Waals surface area contributed by atoms with Gasteiger partial charge in [0.1, 0.15) is 5.75 Å². The molecular formula is C23H22N2O3. The number of rotatable bonds is 6. The molecule has 0 fully saturated rings. The first kappa shape index (κ1) is 18.0. The van der Waals surface area contributed by atoms with Crippen LogP contribution in [0.1, 0.15) is 39.6 Å². The minimum absolute atomic E-state index is 0.00992. The van der Waals surface area contributed by atoms with Crippen molar-refractivity contribution in [1.82, 2.24) is 9.88 Å². The van der Waals surface area contributed by atoms with Crippen molar-refractivity contribution in [2.75, 3.05) is 7.11 Å². The van der Waals surface area contributed by atoms with Crippen LogP contribution in [0.3, 0.4) is 0 Å². The third kappa shape index (κ3) is 3.43. The van der Waals surface area contributed by atoms with E-state index in [4.69, 9.17) is 4.74 Å². The fraction of sp³-hybridized carbons (Fsp3) is 0.217. The topological polar surface area (TPSA) is 60.3 Å². The van der Waals surface area contributed by atoms with Gasteiger partial charge in [0.15, 0.2) is 0 Å². The number of nitrogens with one attached hydrogen (secondary N) is 1. The third-order valence-corrected chi connectivity index (χ3v) is 5.20. The molecule has 142 valence electrons. The quantitative estimate of drug-likeness (QED) is 0.672. The smallest absolute Gasteiger partial charge is 0.229 e. The fourth-order valence-electron chi connectivity index (χ4n) is 3.74. The van der Waals surface area contributed by atoms with Gasteiger partial charge in [-0.2, -0.15) is 0 Å². The van der Waals surface area contributed by atoms with Crippen molar-refractivity contribution in [2.24, 2.45) is 0 Å². The molecule has 1 N–H and O–H groups in total. The number of carbonyl (C=O) groups is 2. The van der Waals surface area contributed by atoms with Crippen LogP contribution >= 0.6 is 0 Å². The third-order valence-electron chi connectivity index (χ3n) is 5.20. The molecule has 1 atom stereocenters. The molecule has 0 radical (unpaired) electrons. The zero-order chi connectivity index (χ0) is 19.5. The number of ether oxygens (including phenoxy) is 1. The summed E-state index contributed by atoms with van der Waals surface area (Å²) < 4.78 is 7.20. The van der Waals surface area contributed by atoms with Crippen LogP contribution in [-0.4, -0.2) is 23.4 Å². The first-order valence-electron chi connectivity index (χ1n) is 9.37. The maximum Gasteiger partial charge on any atom is 0.229 e. The Morgan fingerprint density at radius 2 is 1.89 bits per heavy atom. The van der Waals surface area contributed by atoms with E-state index in [1.54, 1.807) is 7.11 Å². The zero-order valence-corrected chi connectivity index (χ0v) is 15.7. The second-order valence-corrected chi connectivity index (χ2v) is 6.90. The van der Waals surface area contributed by atoms with Gasteiger partial charge in [0.25, 0.3) is 0 Å². The molecule has 0 saturated heterocycles. The van der Waals surface area contributed by atoms with Gasteiger partial charge < -0.3 is 14.6 Å². The Bertz CT molecular complexity index is 1010. The van der Waals surface area contributed by atoms with E-state index in [9.17, 15) is 9.59 Å². The highest BCUT2D eigenvalue weighted by Gasteiger charge is 2.31. The number of benzene rings is 2. The predicted octanol–water partition coefficient (Wildman–Crippen LogP) is 3.53. The van der Waals surface area contributed by atoms with E-state index < -0.39 is 0 Å². The Hall–Kier alpha value is -3.34. The number of carbonyl (C=O) groups excluding carboxylic acids is 2. The van der Waals surface area contributed by atoms with Gasteiger partial charge in [0.2, 0.25) is 11.7 Å². The summed E-state index contributed by atoms with van der Waals surface area (Å²) in [5.74, 6) is 0.510. The lowest BCUT2D eigenvalue weighted by molar-refractivity contribution is -0.122. The van der Waals surface area contributed by atoms with Crippen LogP contribution in [-0.2, 0) is 17.9 Å². The molecule has 0 saturated carbocycles. The summed E-state index contributed by atoms with van der Waals surface area (Å²) >= 11 is 0. The minimum Gasteiger partial charge on any atom is -0.497 e. The van der Waals surface area contributed by atoms with Crippen molar-refractivity contribution in [2.45, 2.75) is 25.4 Å². The highest BCUT2D eigenvalue weighted by Crippen LogP contribution is 2.31. The summed E-state index contributed by atoms with van der Waals surface area (Å²) in [5, 5.41) is 3.01. The number of ketones is 1. The second kappa shape index (κ2) is 7.72. The van der Waals surface area contributed by atoms with Crippen molar-refractivity contribution in [3.63, 3.8) is 0 Å². The molecule has 1 unspecified atom stereocenters. The lowest BCUT2D eigenvalue weighted by Crippen LogP contribution is -2.27. The van der Waals surface area contributed by atoms with Crippen LogP contribution in [0.4, 0.5) is 0 Å². The zero-order valence-electron chi connectivity index (χ0n) is 15.7. The van der Waals surface area contributed by atoms with Gasteiger partial charge in [-0.15, -0.1) is 0 Å². The van der Waals surface area contributed by atoms with Crippen LogP contribution in [0.25, 0.3) is 0 Å². The van der Waals surface area contributed by atoms with Gasteiger partial charge in [0, 0.05) is 24.3 Å². The maximum absolute atomic E-state index is 12.8. The average Bonchev–Trinajstić information content (AvgIpc) is 3.34. The van der Waals surface area contributed by atoms with Crippen molar-refractivity contribution in [3.8, 4) is 5.75 Å². The van der Waals surface area contributed by atoms with Crippen LogP contribution in [0.15, 0.2) is 66.7 Å². The average molecular weight is 374 g/mol. The van der Waals surface area contributed by atoms with Gasteiger partial charge in [-0.25, -0.2) is 0 Å². The summed E-state index contributed by atoms with van der Waals surface area (Å²) in [4.78, 5) is 25.5. The second-order valence-electron chi connectivity index (χ2n) is 6.90. The van der Waals surface area contributed by atoms with E-state index in [1.165, 1.54) is 0 Å². The molecule has 0 aliphatic carbocycles. The van der Waals surface area contributed by atoms with Crippen LogP contribution in [0, 0.1) is 0 Å². The number of methoxy groups -OCH3 is 1. The molecule has 2 heterocycles. The molecule has 1 aromatic heterocycles. The van der Waals surface area contributed by atoms with Crippen molar-refractivity contribution >= 4 is 11.7 Å². The number of nitrogens with zero attached hydrogens (tertiary/aromatic N) is 1. The van der Waals surface area contributed by atoms with E-state index in [2.05, 4.69) is 5.32 Å². The standard InChI is InChI=1S/C23H22N2O3/c1-28-18-9-5-6-16(14-18)15-24-23(27)19-12-13-25-20(19)10-11-21(25)22(26)17-7-3-2-4-8-17/h2-11,14,19H,12-13,15H2,1H3,(H,24,27). The molecule has 1 aliphatic rings. The Morgan fingerprint density at radius 1 is 1.07 bits per heavy atom. The fourth-order valence-corrected chi connectivity index (χ4v) is 3.74. The molecule has 0 spiro atoms. The number of fused-ring (bicyclic) bond motifs is 1. The summed E-state index contributed by atoms with van der Waals surface area (Å²) in [5.41, 5.74) is 3.20.